The molecule has 5 heteroatoms. The summed E-state index contributed by atoms with van der Waals surface area (Å²) in [5, 5.41) is 10.1. The van der Waals surface area contributed by atoms with E-state index in [4.69, 9.17) is 16.3 Å². The molecule has 19 heavy (non-hydrogen) atoms. The van der Waals surface area contributed by atoms with Crippen LogP contribution in [-0.2, 0) is 0 Å². The lowest BCUT2D eigenvalue weighted by atomic mass is 10.2. The van der Waals surface area contributed by atoms with Crippen LogP contribution >= 0.6 is 27.5 Å². The maximum atomic E-state index is 9.47. The van der Waals surface area contributed by atoms with E-state index in [1.165, 1.54) is 0 Å². The summed E-state index contributed by atoms with van der Waals surface area (Å²) < 4.78 is 6.71. The second-order valence-corrected chi connectivity index (χ2v) is 6.24. The molecule has 1 aliphatic rings. The number of likely N-dealkylation sites (tertiary alicyclic amines) is 1. The van der Waals surface area contributed by atoms with Crippen LogP contribution in [-0.4, -0.2) is 41.8 Å². The minimum atomic E-state index is -0.157. The van der Waals surface area contributed by atoms with Gasteiger partial charge in [0, 0.05) is 24.1 Å². The summed E-state index contributed by atoms with van der Waals surface area (Å²) >= 11 is 9.56. The topological polar surface area (TPSA) is 32.7 Å². The summed E-state index contributed by atoms with van der Waals surface area (Å²) in [5.74, 6) is 0.713. The number of aliphatic hydroxyl groups excluding tert-OH is 1. The van der Waals surface area contributed by atoms with Gasteiger partial charge in [-0.2, -0.15) is 0 Å². The molecule has 1 N–H and O–H groups in total. The van der Waals surface area contributed by atoms with E-state index in [9.17, 15) is 5.11 Å². The zero-order chi connectivity index (χ0) is 13.8. The number of nitrogens with zero attached hydrogens (tertiary/aromatic N) is 1. The van der Waals surface area contributed by atoms with Gasteiger partial charge in [-0.25, -0.2) is 0 Å². The van der Waals surface area contributed by atoms with Crippen LogP contribution in [0.25, 0.3) is 0 Å². The highest BCUT2D eigenvalue weighted by atomic mass is 79.9. The summed E-state index contributed by atoms with van der Waals surface area (Å²) in [6, 6.07) is 5.68. The van der Waals surface area contributed by atoms with Gasteiger partial charge in [-0.05, 0) is 47.8 Å². The zero-order valence-corrected chi connectivity index (χ0v) is 13.3. The fourth-order valence-corrected chi connectivity index (χ4v) is 2.75. The molecule has 1 aliphatic heterocycles. The predicted octanol–water partition coefficient (Wildman–Crippen LogP) is 3.33. The van der Waals surface area contributed by atoms with E-state index < -0.39 is 0 Å². The summed E-state index contributed by atoms with van der Waals surface area (Å²) in [4.78, 5) is 2.27. The Balaban J connectivity index is 1.81. The molecule has 1 aromatic carbocycles. The quantitative estimate of drug-likeness (QED) is 0.886. The second kappa shape index (κ2) is 6.93. The lowest BCUT2D eigenvalue weighted by Gasteiger charge is -2.20. The first-order valence-electron chi connectivity index (χ1n) is 6.57. The summed E-state index contributed by atoms with van der Waals surface area (Å²) in [6.45, 7) is 4.75. The molecular weight excluding hydrogens is 330 g/mol. The van der Waals surface area contributed by atoms with E-state index in [2.05, 4.69) is 20.8 Å². The maximum Gasteiger partial charge on any atom is 0.139 e. The van der Waals surface area contributed by atoms with Gasteiger partial charge in [0.15, 0.2) is 0 Å². The van der Waals surface area contributed by atoms with Crippen molar-refractivity contribution in [3.8, 4) is 5.75 Å². The molecule has 0 aliphatic carbocycles. The van der Waals surface area contributed by atoms with Crippen molar-refractivity contribution in [1.29, 1.82) is 0 Å². The number of benzene rings is 1. The van der Waals surface area contributed by atoms with Crippen molar-refractivity contribution in [1.82, 2.24) is 4.90 Å². The average Bonchev–Trinajstić information content (AvgIpc) is 2.78. The largest absolute Gasteiger partial charge is 0.489 e. The number of ether oxygens (including phenoxy) is 1. The number of hydrogen-bond acceptors (Lipinski definition) is 3. The van der Waals surface area contributed by atoms with Gasteiger partial charge in [0.05, 0.1) is 17.2 Å². The molecule has 1 aromatic rings. The molecule has 1 fully saturated rings. The monoisotopic (exact) mass is 347 g/mol. The van der Waals surface area contributed by atoms with Gasteiger partial charge < -0.3 is 14.7 Å². The van der Waals surface area contributed by atoms with E-state index in [1.54, 1.807) is 0 Å². The molecule has 0 radical (unpaired) electrons. The van der Waals surface area contributed by atoms with Crippen LogP contribution in [0.4, 0.5) is 0 Å². The van der Waals surface area contributed by atoms with Gasteiger partial charge in [0.2, 0.25) is 0 Å². The fraction of sp³-hybridized carbons (Fsp3) is 0.571. The van der Waals surface area contributed by atoms with Gasteiger partial charge in [-0.1, -0.05) is 17.7 Å². The third-order valence-corrected chi connectivity index (χ3v) is 4.62. The maximum absolute atomic E-state index is 9.47. The molecular formula is C14H19BrClNO2. The smallest absolute Gasteiger partial charge is 0.139 e. The zero-order valence-electron chi connectivity index (χ0n) is 11.0. The van der Waals surface area contributed by atoms with Crippen LogP contribution in [0.2, 0.25) is 5.02 Å². The summed E-state index contributed by atoms with van der Waals surface area (Å²) in [5.41, 5.74) is 0. The number of hydrogen-bond donors (Lipinski definition) is 1. The van der Waals surface area contributed by atoms with Crippen LogP contribution in [0.1, 0.15) is 19.8 Å². The van der Waals surface area contributed by atoms with Crippen molar-refractivity contribution in [2.45, 2.75) is 32.0 Å². The minimum Gasteiger partial charge on any atom is -0.489 e. The van der Waals surface area contributed by atoms with Crippen molar-refractivity contribution < 1.29 is 9.84 Å². The Morgan fingerprint density at radius 1 is 1.58 bits per heavy atom. The Morgan fingerprint density at radius 2 is 2.37 bits per heavy atom. The fourth-order valence-electron chi connectivity index (χ4n) is 2.23. The van der Waals surface area contributed by atoms with Gasteiger partial charge in [0.25, 0.3) is 0 Å². The Kier molecular flexibility index (Phi) is 5.51. The molecule has 0 aromatic heterocycles. The highest BCUT2D eigenvalue weighted by Gasteiger charge is 2.20. The van der Waals surface area contributed by atoms with Crippen molar-refractivity contribution in [3.05, 3.63) is 27.7 Å². The number of halogens is 2. The second-order valence-electron chi connectivity index (χ2n) is 5.01. The normalized spacial score (nSPS) is 21.6. The SMILES string of the molecule is CC(CCN1CCC(O)C1)Oc1cccc(Br)c1Cl. The van der Waals surface area contributed by atoms with Gasteiger partial charge >= 0.3 is 0 Å². The van der Waals surface area contributed by atoms with Crippen molar-refractivity contribution in [2.24, 2.45) is 0 Å². The highest BCUT2D eigenvalue weighted by Crippen LogP contribution is 2.32. The van der Waals surface area contributed by atoms with Gasteiger partial charge in [-0.15, -0.1) is 0 Å². The van der Waals surface area contributed by atoms with E-state index in [0.717, 1.165) is 36.9 Å². The molecule has 3 nitrogen and oxygen atoms in total. The minimum absolute atomic E-state index is 0.101. The lowest BCUT2D eigenvalue weighted by molar-refractivity contribution is 0.160. The number of rotatable bonds is 5. The van der Waals surface area contributed by atoms with Crippen molar-refractivity contribution in [2.75, 3.05) is 19.6 Å². The first-order chi connectivity index (χ1) is 9.06. The molecule has 1 saturated heterocycles. The number of β-amino-alcohol motifs (C(OH)–C–C–N with tert-alkyl or cyclic N) is 1. The highest BCUT2D eigenvalue weighted by molar-refractivity contribution is 9.10. The van der Waals surface area contributed by atoms with Crippen LogP contribution in [0.3, 0.4) is 0 Å². The van der Waals surface area contributed by atoms with Crippen LogP contribution in [0.5, 0.6) is 5.75 Å². The molecule has 2 rings (SSSR count). The van der Waals surface area contributed by atoms with Gasteiger partial charge in [0.1, 0.15) is 5.75 Å². The Hall–Kier alpha value is -0.290. The molecule has 0 amide bonds. The van der Waals surface area contributed by atoms with E-state index in [1.807, 2.05) is 25.1 Å². The van der Waals surface area contributed by atoms with E-state index >= 15 is 0 Å². The third kappa shape index (κ3) is 4.35. The average molecular weight is 349 g/mol. The molecule has 0 bridgehead atoms. The molecule has 1 heterocycles. The summed E-state index contributed by atoms with van der Waals surface area (Å²) in [6.07, 6.45) is 1.75. The first kappa shape index (κ1) is 15.1. The molecule has 106 valence electrons. The lowest BCUT2D eigenvalue weighted by Crippen LogP contribution is -2.27. The molecule has 2 atom stereocenters. The van der Waals surface area contributed by atoms with Crippen molar-refractivity contribution >= 4 is 27.5 Å². The molecule has 2 unspecified atom stereocenters. The Morgan fingerprint density at radius 3 is 3.05 bits per heavy atom. The summed E-state index contributed by atoms with van der Waals surface area (Å²) in [7, 11) is 0. The van der Waals surface area contributed by atoms with E-state index in [-0.39, 0.29) is 12.2 Å². The number of aliphatic hydroxyl groups is 1. The van der Waals surface area contributed by atoms with E-state index in [0.29, 0.717) is 10.8 Å². The standard InChI is InChI=1S/C14H19BrClNO2/c1-10(5-7-17-8-6-11(18)9-17)19-13-4-2-3-12(15)14(13)16/h2-4,10-11,18H,5-9H2,1H3. The molecule has 0 saturated carbocycles. The van der Waals surface area contributed by atoms with Crippen LogP contribution in [0, 0.1) is 0 Å². The Bertz CT molecular complexity index is 430. The van der Waals surface area contributed by atoms with Crippen molar-refractivity contribution in [3.63, 3.8) is 0 Å². The first-order valence-corrected chi connectivity index (χ1v) is 7.74. The molecule has 0 spiro atoms. The third-order valence-electron chi connectivity index (χ3n) is 3.34. The van der Waals surface area contributed by atoms with Gasteiger partial charge in [-0.3, -0.25) is 0 Å². The van der Waals surface area contributed by atoms with Crippen LogP contribution in [0.15, 0.2) is 22.7 Å². The predicted molar refractivity (Wildman–Crippen MR) is 80.9 cm³/mol. The Labute approximate surface area is 127 Å². The van der Waals surface area contributed by atoms with Crippen LogP contribution < -0.4 is 4.74 Å².